The summed E-state index contributed by atoms with van der Waals surface area (Å²) in [6, 6.07) is 20.8. The molecule has 0 spiro atoms. The standard InChI is InChI=1S/C21H26O3Se/c22-19-12-7-14-24-21(19)20(25-18-10-5-2-6-11-18)13-15-23-16-17-8-3-1-4-9-17/h1-6,8-11,19-22H,7,12-16H2/t19-,20+,21-/m1/s1. The van der Waals surface area contributed by atoms with Gasteiger partial charge in [0, 0.05) is 0 Å². The molecule has 4 heteroatoms. The molecule has 1 N–H and O–H groups in total. The van der Waals surface area contributed by atoms with Crippen molar-refractivity contribution in [3.05, 3.63) is 66.2 Å². The van der Waals surface area contributed by atoms with Crippen molar-refractivity contribution in [3.63, 3.8) is 0 Å². The van der Waals surface area contributed by atoms with Crippen molar-refractivity contribution in [1.82, 2.24) is 0 Å². The summed E-state index contributed by atoms with van der Waals surface area (Å²) in [4.78, 5) is 0.334. The Balaban J connectivity index is 1.55. The Morgan fingerprint density at radius 1 is 1.08 bits per heavy atom. The summed E-state index contributed by atoms with van der Waals surface area (Å²) < 4.78 is 13.2. The molecule has 0 saturated carbocycles. The third kappa shape index (κ3) is 5.95. The molecule has 0 radical (unpaired) electrons. The molecule has 3 atom stereocenters. The molecule has 0 amide bonds. The Labute approximate surface area is 156 Å². The molecule has 2 aromatic carbocycles. The predicted octanol–water partition coefficient (Wildman–Crippen LogP) is 2.95. The number of hydrogen-bond donors (Lipinski definition) is 1. The first-order valence-electron chi connectivity index (χ1n) is 8.96. The van der Waals surface area contributed by atoms with Crippen molar-refractivity contribution in [2.24, 2.45) is 0 Å². The molecule has 3 nitrogen and oxygen atoms in total. The summed E-state index contributed by atoms with van der Waals surface area (Å²) in [5.41, 5.74) is 1.20. The van der Waals surface area contributed by atoms with Crippen LogP contribution >= 0.6 is 0 Å². The van der Waals surface area contributed by atoms with Crippen molar-refractivity contribution in [2.45, 2.75) is 42.9 Å². The van der Waals surface area contributed by atoms with Gasteiger partial charge in [-0.2, -0.15) is 0 Å². The number of benzene rings is 2. The quantitative estimate of drug-likeness (QED) is 0.542. The molecule has 1 aliphatic heterocycles. The van der Waals surface area contributed by atoms with Crippen molar-refractivity contribution in [3.8, 4) is 0 Å². The minimum absolute atomic E-state index is 0.0609. The van der Waals surface area contributed by atoms with E-state index in [-0.39, 0.29) is 27.2 Å². The second kappa shape index (κ2) is 10.1. The van der Waals surface area contributed by atoms with Crippen LogP contribution in [0.25, 0.3) is 0 Å². The van der Waals surface area contributed by atoms with E-state index in [9.17, 15) is 5.11 Å². The molecule has 1 fully saturated rings. The molecule has 0 unspecified atom stereocenters. The van der Waals surface area contributed by atoms with Gasteiger partial charge in [0.25, 0.3) is 0 Å². The summed E-state index contributed by atoms with van der Waals surface area (Å²) in [6.45, 7) is 2.09. The summed E-state index contributed by atoms with van der Waals surface area (Å²) >= 11 is 0.264. The van der Waals surface area contributed by atoms with Crippen LogP contribution < -0.4 is 4.46 Å². The molecule has 2 aromatic rings. The van der Waals surface area contributed by atoms with Crippen molar-refractivity contribution < 1.29 is 14.6 Å². The number of hydrogen-bond acceptors (Lipinski definition) is 3. The van der Waals surface area contributed by atoms with Crippen LogP contribution in [0.4, 0.5) is 0 Å². The van der Waals surface area contributed by atoms with Crippen LogP contribution in [-0.2, 0) is 16.1 Å². The Kier molecular flexibility index (Phi) is 7.53. The first-order chi connectivity index (χ1) is 12.3. The van der Waals surface area contributed by atoms with E-state index in [1.54, 1.807) is 0 Å². The van der Waals surface area contributed by atoms with Crippen LogP contribution in [0, 0.1) is 0 Å². The summed E-state index contributed by atoms with van der Waals surface area (Å²) in [6.07, 6.45) is 2.31. The molecule has 134 valence electrons. The van der Waals surface area contributed by atoms with Crippen molar-refractivity contribution in [1.29, 1.82) is 0 Å². The fraction of sp³-hybridized carbons (Fsp3) is 0.429. The normalized spacial score (nSPS) is 21.8. The van der Waals surface area contributed by atoms with E-state index >= 15 is 0 Å². The van der Waals surface area contributed by atoms with E-state index in [0.717, 1.165) is 25.9 Å². The summed E-state index contributed by atoms with van der Waals surface area (Å²) in [5, 5.41) is 10.4. The van der Waals surface area contributed by atoms with Gasteiger partial charge in [-0.25, -0.2) is 0 Å². The summed E-state index contributed by atoms with van der Waals surface area (Å²) in [5.74, 6) is 0. The van der Waals surface area contributed by atoms with Crippen LogP contribution in [0.15, 0.2) is 60.7 Å². The fourth-order valence-corrected chi connectivity index (χ4v) is 5.74. The second-order valence-electron chi connectivity index (χ2n) is 6.34. The van der Waals surface area contributed by atoms with Gasteiger partial charge in [-0.1, -0.05) is 0 Å². The van der Waals surface area contributed by atoms with Crippen LogP contribution in [0.5, 0.6) is 0 Å². The molecule has 0 aromatic heterocycles. The van der Waals surface area contributed by atoms with Gasteiger partial charge in [0.15, 0.2) is 0 Å². The number of aliphatic hydroxyl groups excluding tert-OH is 1. The maximum atomic E-state index is 10.4. The topological polar surface area (TPSA) is 38.7 Å². The first-order valence-corrected chi connectivity index (χ1v) is 10.8. The van der Waals surface area contributed by atoms with E-state index in [0.29, 0.717) is 18.0 Å². The molecule has 25 heavy (non-hydrogen) atoms. The van der Waals surface area contributed by atoms with E-state index in [1.165, 1.54) is 10.0 Å². The SMILES string of the molecule is O[C@@H]1CCCO[C@H]1[C@H](CCOCc1ccccc1)[Se]c1ccccc1. The predicted molar refractivity (Wildman–Crippen MR) is 101 cm³/mol. The van der Waals surface area contributed by atoms with Crippen LogP contribution in [0.2, 0.25) is 4.82 Å². The minimum atomic E-state index is -0.349. The Morgan fingerprint density at radius 3 is 2.52 bits per heavy atom. The summed E-state index contributed by atoms with van der Waals surface area (Å²) in [7, 11) is 0. The first kappa shape index (κ1) is 18.6. The molecule has 1 aliphatic rings. The molecular formula is C21H26O3Se. The number of rotatable bonds is 8. The van der Waals surface area contributed by atoms with Crippen LogP contribution in [0.3, 0.4) is 0 Å². The number of ether oxygens (including phenoxy) is 2. The van der Waals surface area contributed by atoms with E-state index < -0.39 is 0 Å². The van der Waals surface area contributed by atoms with Gasteiger partial charge >= 0.3 is 156 Å². The maximum absolute atomic E-state index is 10.4. The fourth-order valence-electron chi connectivity index (χ4n) is 3.07. The molecule has 1 heterocycles. The van der Waals surface area contributed by atoms with E-state index in [1.807, 2.05) is 24.3 Å². The third-order valence-electron chi connectivity index (χ3n) is 4.39. The van der Waals surface area contributed by atoms with Gasteiger partial charge in [-0.3, -0.25) is 0 Å². The van der Waals surface area contributed by atoms with Crippen molar-refractivity contribution >= 4 is 19.4 Å². The molecular weight excluding hydrogens is 379 g/mol. The second-order valence-corrected chi connectivity index (χ2v) is 9.10. The van der Waals surface area contributed by atoms with Crippen LogP contribution in [0.1, 0.15) is 24.8 Å². The average Bonchev–Trinajstić information content (AvgIpc) is 2.66. The van der Waals surface area contributed by atoms with Gasteiger partial charge in [-0.05, 0) is 0 Å². The van der Waals surface area contributed by atoms with E-state index in [2.05, 4.69) is 36.4 Å². The van der Waals surface area contributed by atoms with E-state index in [4.69, 9.17) is 9.47 Å². The molecule has 3 rings (SSSR count). The third-order valence-corrected chi connectivity index (χ3v) is 7.22. The Morgan fingerprint density at radius 2 is 1.80 bits per heavy atom. The number of aliphatic hydroxyl groups is 1. The molecule has 1 saturated heterocycles. The zero-order valence-electron chi connectivity index (χ0n) is 14.4. The van der Waals surface area contributed by atoms with Crippen molar-refractivity contribution in [2.75, 3.05) is 13.2 Å². The Bertz CT molecular complexity index is 605. The Hall–Kier alpha value is -1.16. The van der Waals surface area contributed by atoms with Gasteiger partial charge in [0.1, 0.15) is 0 Å². The zero-order chi connectivity index (χ0) is 17.3. The average molecular weight is 405 g/mol. The molecule has 0 aliphatic carbocycles. The zero-order valence-corrected chi connectivity index (χ0v) is 16.1. The molecule has 0 bridgehead atoms. The van der Waals surface area contributed by atoms with Gasteiger partial charge in [0.05, 0.1) is 0 Å². The van der Waals surface area contributed by atoms with Gasteiger partial charge in [0.2, 0.25) is 0 Å². The van der Waals surface area contributed by atoms with Gasteiger partial charge in [-0.15, -0.1) is 0 Å². The monoisotopic (exact) mass is 406 g/mol. The van der Waals surface area contributed by atoms with Crippen LogP contribution in [-0.4, -0.2) is 45.5 Å². The van der Waals surface area contributed by atoms with Gasteiger partial charge < -0.3 is 0 Å².